The third kappa shape index (κ3) is 3.27. The normalized spacial score (nSPS) is 14.1. The van der Waals surface area contributed by atoms with E-state index in [4.69, 9.17) is 14.3 Å². The Hall–Kier alpha value is -2.89. The van der Waals surface area contributed by atoms with E-state index in [-0.39, 0.29) is 17.0 Å². The molecule has 3 rings (SSSR count). The lowest BCUT2D eigenvalue weighted by Crippen LogP contribution is -2.27. The Morgan fingerprint density at radius 2 is 1.56 bits per heavy atom. The van der Waals surface area contributed by atoms with Gasteiger partial charge in [-0.05, 0) is 19.1 Å². The van der Waals surface area contributed by atoms with E-state index in [0.29, 0.717) is 48.8 Å². The molecule has 2 heterocycles. The molecule has 0 aliphatic carbocycles. The molecule has 0 bridgehead atoms. The Labute approximate surface area is 157 Å². The van der Waals surface area contributed by atoms with Gasteiger partial charge in [0.25, 0.3) is 5.56 Å². The van der Waals surface area contributed by atoms with Gasteiger partial charge in [-0.1, -0.05) is 5.92 Å². The molecule has 1 aromatic carbocycles. The van der Waals surface area contributed by atoms with Crippen molar-refractivity contribution < 1.29 is 19.4 Å². The molecule has 0 amide bonds. The first kappa shape index (κ1) is 18.9. The number of hydrogen-bond donors (Lipinski definition) is 1. The number of fused-ring (bicyclic) bond motifs is 1. The van der Waals surface area contributed by atoms with Gasteiger partial charge in [0.2, 0.25) is 5.88 Å². The lowest BCUT2D eigenvalue weighted by molar-refractivity contribution is -0.130. The van der Waals surface area contributed by atoms with Crippen molar-refractivity contribution in [1.29, 1.82) is 0 Å². The molecule has 0 fully saturated rings. The third-order valence-electron chi connectivity index (χ3n) is 4.61. The van der Waals surface area contributed by atoms with Crippen LogP contribution in [-0.2, 0) is 17.9 Å². The van der Waals surface area contributed by atoms with Crippen LogP contribution in [0.2, 0.25) is 0 Å². The van der Waals surface area contributed by atoms with Crippen molar-refractivity contribution in [3.05, 3.63) is 28.0 Å². The Bertz CT molecular complexity index is 939. The smallest absolute Gasteiger partial charge is 0.278 e. The molecule has 8 heteroatoms. The number of rotatable bonds is 4. The van der Waals surface area contributed by atoms with Gasteiger partial charge in [-0.3, -0.25) is 4.79 Å². The highest BCUT2D eigenvalue weighted by Crippen LogP contribution is 2.42. The van der Waals surface area contributed by atoms with Crippen molar-refractivity contribution in [3.8, 4) is 40.3 Å². The molecule has 0 unspecified atom stereocenters. The van der Waals surface area contributed by atoms with E-state index in [9.17, 15) is 9.90 Å². The van der Waals surface area contributed by atoms with Gasteiger partial charge in [0.1, 0.15) is 17.1 Å². The summed E-state index contributed by atoms with van der Waals surface area (Å²) in [5.74, 6) is 6.49. The van der Waals surface area contributed by atoms with Gasteiger partial charge in [0.15, 0.2) is 0 Å². The SMILES string of the molecule is CC#Cc1cc(OC)c(-c2c(O)n3n(c2=O)CCN(OC)CC3)c(OC)c1. The van der Waals surface area contributed by atoms with Crippen LogP contribution >= 0.6 is 0 Å². The lowest BCUT2D eigenvalue weighted by Gasteiger charge is -2.15. The summed E-state index contributed by atoms with van der Waals surface area (Å²) >= 11 is 0. The molecule has 0 spiro atoms. The van der Waals surface area contributed by atoms with Crippen molar-refractivity contribution in [2.24, 2.45) is 0 Å². The summed E-state index contributed by atoms with van der Waals surface area (Å²) < 4.78 is 14.1. The molecular formula is C19H23N3O5. The van der Waals surface area contributed by atoms with Crippen LogP contribution in [0.3, 0.4) is 0 Å². The number of hydrogen-bond acceptors (Lipinski definition) is 6. The summed E-state index contributed by atoms with van der Waals surface area (Å²) in [7, 11) is 4.60. The Kier molecular flexibility index (Phi) is 5.44. The van der Waals surface area contributed by atoms with Gasteiger partial charge in [-0.25, -0.2) is 9.36 Å². The van der Waals surface area contributed by atoms with E-state index in [0.717, 1.165) is 0 Å². The zero-order valence-electron chi connectivity index (χ0n) is 15.9. The van der Waals surface area contributed by atoms with Crippen molar-refractivity contribution in [2.75, 3.05) is 34.4 Å². The van der Waals surface area contributed by atoms with Crippen LogP contribution in [0.5, 0.6) is 17.4 Å². The first-order valence-corrected chi connectivity index (χ1v) is 8.56. The van der Waals surface area contributed by atoms with Crippen LogP contribution in [0.15, 0.2) is 16.9 Å². The van der Waals surface area contributed by atoms with Gasteiger partial charge in [0, 0.05) is 18.7 Å². The fourth-order valence-corrected chi connectivity index (χ4v) is 3.33. The summed E-state index contributed by atoms with van der Waals surface area (Å²) in [5.41, 5.74) is 0.967. The number of hydroxylamine groups is 2. The maximum absolute atomic E-state index is 13.1. The van der Waals surface area contributed by atoms with E-state index < -0.39 is 0 Å². The van der Waals surface area contributed by atoms with Crippen LogP contribution in [0.4, 0.5) is 0 Å². The second-order valence-electron chi connectivity index (χ2n) is 5.99. The molecule has 8 nitrogen and oxygen atoms in total. The van der Waals surface area contributed by atoms with Gasteiger partial charge in [-0.15, -0.1) is 5.92 Å². The predicted octanol–water partition coefficient (Wildman–Crippen LogP) is 1.29. The summed E-state index contributed by atoms with van der Waals surface area (Å²) in [4.78, 5) is 18.4. The first-order valence-electron chi connectivity index (χ1n) is 8.56. The molecule has 1 aliphatic rings. The van der Waals surface area contributed by atoms with Crippen molar-refractivity contribution in [3.63, 3.8) is 0 Å². The van der Waals surface area contributed by atoms with Gasteiger partial charge >= 0.3 is 0 Å². The minimum atomic E-state index is -0.309. The van der Waals surface area contributed by atoms with Crippen LogP contribution in [0.25, 0.3) is 11.1 Å². The Morgan fingerprint density at radius 1 is 0.963 bits per heavy atom. The van der Waals surface area contributed by atoms with E-state index in [1.165, 1.54) is 18.9 Å². The second-order valence-corrected chi connectivity index (χ2v) is 5.99. The van der Waals surface area contributed by atoms with E-state index in [1.54, 1.807) is 35.9 Å². The molecule has 2 aromatic rings. The van der Waals surface area contributed by atoms with Crippen LogP contribution in [0, 0.1) is 11.8 Å². The molecule has 144 valence electrons. The number of aromatic nitrogens is 2. The quantitative estimate of drug-likeness (QED) is 0.814. The number of nitrogens with zero attached hydrogens (tertiary/aromatic N) is 3. The summed E-state index contributed by atoms with van der Waals surface area (Å²) in [6.07, 6.45) is 0. The standard InChI is InChI=1S/C19H23N3O5/c1-5-6-13-11-14(25-2)16(15(12-13)26-3)17-18(23)21-9-7-20(27-4)8-10-22(21)19(17)24/h11-12,23H,7-10H2,1-4H3. The minimum Gasteiger partial charge on any atom is -0.496 e. The highest BCUT2D eigenvalue weighted by atomic mass is 16.7. The maximum atomic E-state index is 13.1. The minimum absolute atomic E-state index is 0.121. The van der Waals surface area contributed by atoms with E-state index in [1.807, 2.05) is 0 Å². The molecule has 0 saturated heterocycles. The van der Waals surface area contributed by atoms with Gasteiger partial charge in [-0.2, -0.15) is 5.06 Å². The van der Waals surface area contributed by atoms with Crippen LogP contribution < -0.4 is 15.0 Å². The zero-order valence-corrected chi connectivity index (χ0v) is 15.9. The monoisotopic (exact) mass is 373 g/mol. The largest absolute Gasteiger partial charge is 0.496 e. The van der Waals surface area contributed by atoms with Crippen LogP contribution in [0.1, 0.15) is 12.5 Å². The topological polar surface area (TPSA) is 78.1 Å². The molecule has 0 saturated carbocycles. The fraction of sp³-hybridized carbons (Fsp3) is 0.421. The number of benzene rings is 1. The predicted molar refractivity (Wildman–Crippen MR) is 100 cm³/mol. The third-order valence-corrected chi connectivity index (χ3v) is 4.61. The molecule has 0 radical (unpaired) electrons. The van der Waals surface area contributed by atoms with Gasteiger partial charge < -0.3 is 19.4 Å². The molecule has 1 aliphatic heterocycles. The fourth-order valence-electron chi connectivity index (χ4n) is 3.33. The first-order chi connectivity index (χ1) is 13.0. The molecule has 27 heavy (non-hydrogen) atoms. The van der Waals surface area contributed by atoms with Crippen molar-refractivity contribution >= 4 is 0 Å². The summed E-state index contributed by atoms with van der Waals surface area (Å²) in [5, 5.41) is 12.6. The average Bonchev–Trinajstić information content (AvgIpc) is 2.83. The number of aromatic hydroxyl groups is 1. The molecule has 1 N–H and O–H groups in total. The van der Waals surface area contributed by atoms with Crippen molar-refractivity contribution in [2.45, 2.75) is 20.0 Å². The lowest BCUT2D eigenvalue weighted by atomic mass is 10.0. The Balaban J connectivity index is 2.21. The molecule has 0 atom stereocenters. The number of methoxy groups -OCH3 is 2. The van der Waals surface area contributed by atoms with E-state index in [2.05, 4.69) is 11.8 Å². The van der Waals surface area contributed by atoms with E-state index >= 15 is 0 Å². The van der Waals surface area contributed by atoms with Crippen molar-refractivity contribution in [1.82, 2.24) is 14.4 Å². The summed E-state index contributed by atoms with van der Waals surface area (Å²) in [6.45, 7) is 3.64. The highest BCUT2D eigenvalue weighted by Gasteiger charge is 2.28. The summed E-state index contributed by atoms with van der Waals surface area (Å²) in [6, 6.07) is 3.46. The molecule has 1 aromatic heterocycles. The maximum Gasteiger partial charge on any atom is 0.278 e. The number of ether oxygens (including phenoxy) is 2. The van der Waals surface area contributed by atoms with Gasteiger partial charge in [0.05, 0.1) is 40.0 Å². The second kappa shape index (κ2) is 7.78. The van der Waals surface area contributed by atoms with Crippen LogP contribution in [-0.4, -0.2) is 54.0 Å². The zero-order chi connectivity index (χ0) is 19.6. The highest BCUT2D eigenvalue weighted by molar-refractivity contribution is 5.81. The molecular weight excluding hydrogens is 350 g/mol. The Morgan fingerprint density at radius 3 is 2.07 bits per heavy atom. The average molecular weight is 373 g/mol.